The standard InChI is InChI=1S/C12H21N3O5/c1-8(2)7-20-6-5-14-12(19)15-9(11(17)18)3-4-10(13)16/h9H,1,3-7H2,2H3,(H2,13,16)(H,17,18)(H2,14,15,19). The van der Waals surface area contributed by atoms with Crippen molar-refractivity contribution in [2.45, 2.75) is 25.8 Å². The minimum Gasteiger partial charge on any atom is -0.480 e. The molecule has 0 aromatic carbocycles. The van der Waals surface area contributed by atoms with E-state index in [1.165, 1.54) is 0 Å². The van der Waals surface area contributed by atoms with E-state index in [9.17, 15) is 14.4 Å². The topological polar surface area (TPSA) is 131 Å². The summed E-state index contributed by atoms with van der Waals surface area (Å²) in [7, 11) is 0. The fourth-order valence-electron chi connectivity index (χ4n) is 1.24. The molecule has 0 fully saturated rings. The highest BCUT2D eigenvalue weighted by Gasteiger charge is 2.20. The van der Waals surface area contributed by atoms with E-state index in [0.717, 1.165) is 5.57 Å². The summed E-state index contributed by atoms with van der Waals surface area (Å²) in [6.45, 7) is 6.40. The highest BCUT2D eigenvalue weighted by molar-refractivity contribution is 5.83. The minimum atomic E-state index is -1.22. The van der Waals surface area contributed by atoms with Gasteiger partial charge in [-0.2, -0.15) is 0 Å². The molecule has 5 N–H and O–H groups in total. The van der Waals surface area contributed by atoms with Crippen molar-refractivity contribution < 1.29 is 24.2 Å². The van der Waals surface area contributed by atoms with Gasteiger partial charge in [0.1, 0.15) is 6.04 Å². The summed E-state index contributed by atoms with van der Waals surface area (Å²) in [5.41, 5.74) is 5.79. The summed E-state index contributed by atoms with van der Waals surface area (Å²) in [4.78, 5) is 32.9. The van der Waals surface area contributed by atoms with Crippen molar-refractivity contribution in [2.75, 3.05) is 19.8 Å². The molecule has 0 aromatic heterocycles. The number of primary amides is 1. The quantitative estimate of drug-likeness (QED) is 0.321. The Morgan fingerprint density at radius 1 is 1.40 bits per heavy atom. The van der Waals surface area contributed by atoms with E-state index in [1.807, 2.05) is 6.92 Å². The summed E-state index contributed by atoms with van der Waals surface area (Å²) in [6.07, 6.45) is -0.163. The molecule has 0 saturated carbocycles. The van der Waals surface area contributed by atoms with Crippen molar-refractivity contribution in [3.8, 4) is 0 Å². The largest absolute Gasteiger partial charge is 0.480 e. The lowest BCUT2D eigenvalue weighted by Gasteiger charge is -2.14. The van der Waals surface area contributed by atoms with Crippen LogP contribution in [0, 0.1) is 0 Å². The number of nitrogens with two attached hydrogens (primary N) is 1. The maximum Gasteiger partial charge on any atom is 0.326 e. The molecule has 0 radical (unpaired) electrons. The van der Waals surface area contributed by atoms with Crippen LogP contribution in [0.2, 0.25) is 0 Å². The van der Waals surface area contributed by atoms with Gasteiger partial charge in [0.2, 0.25) is 5.91 Å². The van der Waals surface area contributed by atoms with Crippen molar-refractivity contribution in [3.63, 3.8) is 0 Å². The fraction of sp³-hybridized carbons (Fsp3) is 0.583. The zero-order valence-electron chi connectivity index (χ0n) is 11.5. The SMILES string of the molecule is C=C(C)COCCNC(=O)NC(CCC(N)=O)C(=O)O. The van der Waals surface area contributed by atoms with Crippen molar-refractivity contribution in [2.24, 2.45) is 5.73 Å². The summed E-state index contributed by atoms with van der Waals surface area (Å²) >= 11 is 0. The lowest BCUT2D eigenvalue weighted by molar-refractivity contribution is -0.139. The van der Waals surface area contributed by atoms with Gasteiger partial charge >= 0.3 is 12.0 Å². The average molecular weight is 287 g/mol. The maximum atomic E-state index is 11.4. The van der Waals surface area contributed by atoms with Crippen LogP contribution in [0.1, 0.15) is 19.8 Å². The van der Waals surface area contributed by atoms with Crippen molar-refractivity contribution >= 4 is 17.9 Å². The van der Waals surface area contributed by atoms with Gasteiger partial charge in [-0.15, -0.1) is 0 Å². The second-order valence-electron chi connectivity index (χ2n) is 4.31. The molecule has 0 bridgehead atoms. The Morgan fingerprint density at radius 3 is 2.55 bits per heavy atom. The second kappa shape index (κ2) is 9.79. The molecule has 1 atom stereocenters. The van der Waals surface area contributed by atoms with Crippen LogP contribution in [0.4, 0.5) is 4.79 Å². The number of ether oxygens (including phenoxy) is 1. The van der Waals surface area contributed by atoms with E-state index in [-0.39, 0.29) is 19.4 Å². The molecule has 0 heterocycles. The number of hydrogen-bond acceptors (Lipinski definition) is 4. The highest BCUT2D eigenvalue weighted by atomic mass is 16.5. The predicted molar refractivity (Wildman–Crippen MR) is 72.0 cm³/mol. The Morgan fingerprint density at radius 2 is 2.05 bits per heavy atom. The summed E-state index contributed by atoms with van der Waals surface area (Å²) < 4.78 is 5.16. The summed E-state index contributed by atoms with van der Waals surface area (Å²) in [5, 5.41) is 13.6. The molecule has 20 heavy (non-hydrogen) atoms. The number of urea groups is 1. The van der Waals surface area contributed by atoms with Crippen LogP contribution in [-0.4, -0.2) is 48.8 Å². The van der Waals surface area contributed by atoms with Crippen LogP contribution < -0.4 is 16.4 Å². The van der Waals surface area contributed by atoms with E-state index >= 15 is 0 Å². The van der Waals surface area contributed by atoms with Crippen LogP contribution in [0.15, 0.2) is 12.2 Å². The van der Waals surface area contributed by atoms with Crippen molar-refractivity contribution in [1.29, 1.82) is 0 Å². The van der Waals surface area contributed by atoms with Crippen LogP contribution in [0.3, 0.4) is 0 Å². The third-order valence-corrected chi connectivity index (χ3v) is 2.16. The van der Waals surface area contributed by atoms with E-state index in [4.69, 9.17) is 15.6 Å². The number of carbonyl (C=O) groups excluding carboxylic acids is 2. The van der Waals surface area contributed by atoms with Gasteiger partial charge in [0, 0.05) is 13.0 Å². The number of carboxylic acids is 1. The first-order valence-corrected chi connectivity index (χ1v) is 6.10. The molecular weight excluding hydrogens is 266 g/mol. The van der Waals surface area contributed by atoms with Gasteiger partial charge in [-0.1, -0.05) is 12.2 Å². The van der Waals surface area contributed by atoms with Gasteiger partial charge < -0.3 is 26.2 Å². The maximum absolute atomic E-state index is 11.4. The second-order valence-corrected chi connectivity index (χ2v) is 4.31. The highest BCUT2D eigenvalue weighted by Crippen LogP contribution is 1.97. The number of aliphatic carboxylic acids is 1. The van der Waals surface area contributed by atoms with Gasteiger partial charge in [0.15, 0.2) is 0 Å². The number of amides is 3. The van der Waals surface area contributed by atoms with Gasteiger partial charge in [-0.3, -0.25) is 4.79 Å². The lowest BCUT2D eigenvalue weighted by Crippen LogP contribution is -2.47. The number of carbonyl (C=O) groups is 3. The molecule has 114 valence electrons. The van der Waals surface area contributed by atoms with E-state index in [0.29, 0.717) is 13.2 Å². The van der Waals surface area contributed by atoms with Crippen LogP contribution in [0.5, 0.6) is 0 Å². The van der Waals surface area contributed by atoms with Crippen LogP contribution in [0.25, 0.3) is 0 Å². The van der Waals surface area contributed by atoms with Crippen LogP contribution >= 0.6 is 0 Å². The van der Waals surface area contributed by atoms with Crippen LogP contribution in [-0.2, 0) is 14.3 Å². The number of rotatable bonds is 10. The Kier molecular flexibility index (Phi) is 8.77. The van der Waals surface area contributed by atoms with Gasteiger partial charge in [-0.05, 0) is 13.3 Å². The van der Waals surface area contributed by atoms with Gasteiger partial charge in [-0.25, -0.2) is 9.59 Å². The normalized spacial score (nSPS) is 11.4. The fourth-order valence-corrected chi connectivity index (χ4v) is 1.24. The molecule has 0 aliphatic rings. The third-order valence-electron chi connectivity index (χ3n) is 2.16. The van der Waals surface area contributed by atoms with E-state index in [1.54, 1.807) is 0 Å². The first kappa shape index (κ1) is 17.9. The van der Waals surface area contributed by atoms with Gasteiger partial charge in [0.25, 0.3) is 0 Å². The monoisotopic (exact) mass is 287 g/mol. The Balaban J connectivity index is 3.92. The zero-order valence-corrected chi connectivity index (χ0v) is 11.5. The molecule has 8 nitrogen and oxygen atoms in total. The molecule has 1 unspecified atom stereocenters. The molecule has 0 spiro atoms. The Bertz CT molecular complexity index is 370. The number of carboxylic acid groups (broad SMARTS) is 1. The predicted octanol–water partition coefficient (Wildman–Crippen LogP) is -0.403. The van der Waals surface area contributed by atoms with Gasteiger partial charge in [0.05, 0.1) is 13.2 Å². The third kappa shape index (κ3) is 9.89. The summed E-state index contributed by atoms with van der Waals surface area (Å²) in [5.74, 6) is -1.84. The molecule has 0 saturated heterocycles. The number of hydrogen-bond donors (Lipinski definition) is 4. The molecule has 0 rings (SSSR count). The first-order chi connectivity index (χ1) is 9.32. The van der Waals surface area contributed by atoms with Crippen molar-refractivity contribution in [3.05, 3.63) is 12.2 Å². The molecule has 0 aliphatic carbocycles. The average Bonchev–Trinajstić information content (AvgIpc) is 2.32. The zero-order chi connectivity index (χ0) is 15.5. The lowest BCUT2D eigenvalue weighted by atomic mass is 10.1. The Hall–Kier alpha value is -2.09. The minimum absolute atomic E-state index is 0.0513. The molecule has 0 aliphatic heterocycles. The van der Waals surface area contributed by atoms with E-state index in [2.05, 4.69) is 17.2 Å². The first-order valence-electron chi connectivity index (χ1n) is 6.10. The van der Waals surface area contributed by atoms with Crippen molar-refractivity contribution in [1.82, 2.24) is 10.6 Å². The smallest absolute Gasteiger partial charge is 0.326 e. The summed E-state index contributed by atoms with van der Waals surface area (Å²) in [6, 6.07) is -1.79. The molecular formula is C12H21N3O5. The number of nitrogens with one attached hydrogen (secondary N) is 2. The van der Waals surface area contributed by atoms with E-state index < -0.39 is 23.9 Å². The molecule has 3 amide bonds. The molecule has 0 aromatic rings. The Labute approximate surface area is 117 Å². The molecule has 8 heteroatoms.